The van der Waals surface area contributed by atoms with Crippen LogP contribution in [0.25, 0.3) is 0 Å². The van der Waals surface area contributed by atoms with E-state index in [4.69, 9.17) is 27.9 Å². The van der Waals surface area contributed by atoms with Crippen LogP contribution in [0.15, 0.2) is 54.4 Å². The summed E-state index contributed by atoms with van der Waals surface area (Å²) in [7, 11) is 0. The summed E-state index contributed by atoms with van der Waals surface area (Å²) >= 11 is 12.0. The maximum atomic E-state index is 14.3. The third kappa shape index (κ3) is 4.74. The van der Waals surface area contributed by atoms with Crippen molar-refractivity contribution in [3.63, 3.8) is 0 Å². The number of nitrogens with zero attached hydrogens (tertiary/aromatic N) is 1. The van der Waals surface area contributed by atoms with Gasteiger partial charge in [0.25, 0.3) is 0 Å². The zero-order valence-electron chi connectivity index (χ0n) is 15.4. The molecular weight excluding hydrogens is 416 g/mol. The van der Waals surface area contributed by atoms with Crippen molar-refractivity contribution in [2.45, 2.75) is 25.3 Å². The molecule has 1 fully saturated rings. The number of allylic oxidation sites excluding steroid dienone is 2. The van der Waals surface area contributed by atoms with Gasteiger partial charge in [0.2, 0.25) is 0 Å². The minimum atomic E-state index is -1.24. The zero-order chi connectivity index (χ0) is 20.5. The molecule has 0 amide bonds. The van der Waals surface area contributed by atoms with E-state index in [1.165, 1.54) is 12.1 Å². The number of ether oxygens (including phenoxy) is 1. The molecule has 4 nitrogen and oxygen atoms in total. The molecule has 2 aromatic rings. The average molecular weight is 434 g/mol. The minimum absolute atomic E-state index is 0.272. The van der Waals surface area contributed by atoms with E-state index in [0.29, 0.717) is 40.6 Å². The number of rotatable bonds is 6. The van der Waals surface area contributed by atoms with E-state index in [9.17, 15) is 14.3 Å². The fraction of sp³-hybridized carbons (Fsp3) is 0.227. The highest BCUT2D eigenvalue weighted by molar-refractivity contribution is 6.34. The first-order chi connectivity index (χ1) is 13.9. The Balaban J connectivity index is 1.51. The topological polar surface area (TPSA) is 49.8 Å². The van der Waals surface area contributed by atoms with Crippen molar-refractivity contribution in [2.75, 3.05) is 6.54 Å². The number of aromatic carboxylic acids is 1. The van der Waals surface area contributed by atoms with Crippen molar-refractivity contribution in [3.8, 4) is 5.75 Å². The van der Waals surface area contributed by atoms with Gasteiger partial charge in [-0.05, 0) is 78.6 Å². The number of carboxylic acids is 1. The molecule has 4 rings (SSSR count). The summed E-state index contributed by atoms with van der Waals surface area (Å²) in [6.07, 6.45) is 7.59. The predicted octanol–water partition coefficient (Wildman–Crippen LogP) is 6.00. The monoisotopic (exact) mass is 433 g/mol. The molecular formula is C22H18Cl2FNO3. The number of benzene rings is 2. The van der Waals surface area contributed by atoms with Crippen molar-refractivity contribution < 1.29 is 19.0 Å². The largest absolute Gasteiger partial charge is 0.478 e. The number of carboxylic acid groups (broad SMARTS) is 1. The summed E-state index contributed by atoms with van der Waals surface area (Å²) in [5.74, 6) is -0.413. The lowest BCUT2D eigenvalue weighted by Crippen LogP contribution is -2.24. The molecule has 1 aliphatic carbocycles. The van der Waals surface area contributed by atoms with E-state index in [2.05, 4.69) is 0 Å². The Bertz CT molecular complexity index is 1010. The first-order valence-electron chi connectivity index (χ1n) is 9.20. The SMILES string of the molecule is O=C(O)c1cc(C2CC2)c(CN2C=CC=C(Oc3cc(Cl)cc(Cl)c3)C2)cc1F. The zero-order valence-corrected chi connectivity index (χ0v) is 16.9. The molecule has 0 radical (unpaired) electrons. The highest BCUT2D eigenvalue weighted by Gasteiger charge is 2.29. The van der Waals surface area contributed by atoms with E-state index >= 15 is 0 Å². The van der Waals surface area contributed by atoms with Crippen LogP contribution < -0.4 is 4.74 Å². The first kappa shape index (κ1) is 19.8. The van der Waals surface area contributed by atoms with Gasteiger partial charge in [-0.2, -0.15) is 0 Å². The Morgan fingerprint density at radius 2 is 1.90 bits per heavy atom. The van der Waals surface area contributed by atoms with E-state index < -0.39 is 11.8 Å². The third-order valence-electron chi connectivity index (χ3n) is 4.87. The molecule has 1 heterocycles. The molecule has 0 unspecified atom stereocenters. The predicted molar refractivity (Wildman–Crippen MR) is 110 cm³/mol. The molecule has 0 bridgehead atoms. The van der Waals surface area contributed by atoms with Crippen molar-refractivity contribution >= 4 is 29.2 Å². The molecule has 1 saturated carbocycles. The maximum Gasteiger partial charge on any atom is 0.338 e. The summed E-state index contributed by atoms with van der Waals surface area (Å²) in [6, 6.07) is 7.83. The third-order valence-corrected chi connectivity index (χ3v) is 5.31. The molecule has 0 aromatic heterocycles. The molecule has 0 saturated heterocycles. The molecule has 7 heteroatoms. The van der Waals surface area contributed by atoms with Gasteiger partial charge in [0.05, 0.1) is 12.1 Å². The quantitative estimate of drug-likeness (QED) is 0.606. The maximum absolute atomic E-state index is 14.3. The van der Waals surface area contributed by atoms with Gasteiger partial charge < -0.3 is 14.7 Å². The summed E-state index contributed by atoms with van der Waals surface area (Å²) in [5.41, 5.74) is 1.44. The van der Waals surface area contributed by atoms with Gasteiger partial charge >= 0.3 is 5.97 Å². The van der Waals surface area contributed by atoms with E-state index in [0.717, 1.165) is 24.0 Å². The second-order valence-electron chi connectivity index (χ2n) is 7.20. The second kappa shape index (κ2) is 8.09. The highest BCUT2D eigenvalue weighted by Crippen LogP contribution is 2.43. The van der Waals surface area contributed by atoms with Crippen LogP contribution in [0.1, 0.15) is 40.2 Å². The van der Waals surface area contributed by atoms with Gasteiger partial charge in [-0.3, -0.25) is 0 Å². The standard InChI is InChI=1S/C22H18Cl2FNO3/c23-15-7-16(24)9-18(8-15)29-17-2-1-5-26(12-17)11-14-6-21(25)20(22(27)28)10-19(14)13-3-4-13/h1-2,5-10,13H,3-4,11-12H2,(H,27,28). The van der Waals surface area contributed by atoms with Gasteiger partial charge in [-0.25, -0.2) is 9.18 Å². The Morgan fingerprint density at radius 1 is 1.17 bits per heavy atom. The van der Waals surface area contributed by atoms with Crippen LogP contribution >= 0.6 is 23.2 Å². The molecule has 150 valence electrons. The molecule has 1 N–H and O–H groups in total. The smallest absolute Gasteiger partial charge is 0.338 e. The van der Waals surface area contributed by atoms with Crippen molar-refractivity contribution in [1.82, 2.24) is 4.90 Å². The normalized spacial score (nSPS) is 16.0. The Kier molecular flexibility index (Phi) is 5.52. The van der Waals surface area contributed by atoms with Crippen LogP contribution in [-0.2, 0) is 6.54 Å². The minimum Gasteiger partial charge on any atom is -0.478 e. The summed E-state index contributed by atoms with van der Waals surface area (Å²) in [4.78, 5) is 13.3. The van der Waals surface area contributed by atoms with Crippen LogP contribution in [0.3, 0.4) is 0 Å². The van der Waals surface area contributed by atoms with E-state index in [1.54, 1.807) is 18.2 Å². The summed E-state index contributed by atoms with van der Waals surface area (Å²) in [5, 5.41) is 10.2. The average Bonchev–Trinajstić information content (AvgIpc) is 3.46. The number of carbonyl (C=O) groups is 1. The van der Waals surface area contributed by atoms with Gasteiger partial charge in [-0.15, -0.1) is 0 Å². The molecule has 0 spiro atoms. The summed E-state index contributed by atoms with van der Waals surface area (Å²) < 4.78 is 20.2. The van der Waals surface area contributed by atoms with Crippen molar-refractivity contribution in [3.05, 3.63) is 87.0 Å². The number of hydrogen-bond donors (Lipinski definition) is 1. The molecule has 0 atom stereocenters. The summed E-state index contributed by atoms with van der Waals surface area (Å²) in [6.45, 7) is 0.934. The first-order valence-corrected chi connectivity index (χ1v) is 9.95. The lowest BCUT2D eigenvalue weighted by Gasteiger charge is -2.26. The Hall–Kier alpha value is -2.50. The van der Waals surface area contributed by atoms with Crippen LogP contribution in [0, 0.1) is 5.82 Å². The number of hydrogen-bond acceptors (Lipinski definition) is 3. The van der Waals surface area contributed by atoms with Crippen molar-refractivity contribution in [2.24, 2.45) is 0 Å². The lowest BCUT2D eigenvalue weighted by atomic mass is 9.99. The fourth-order valence-electron chi connectivity index (χ4n) is 3.42. The second-order valence-corrected chi connectivity index (χ2v) is 8.07. The molecule has 1 aliphatic heterocycles. The number of halogens is 3. The molecule has 2 aliphatic rings. The molecule has 2 aromatic carbocycles. The molecule has 29 heavy (non-hydrogen) atoms. The van der Waals surface area contributed by atoms with Crippen LogP contribution in [0.2, 0.25) is 10.0 Å². The van der Waals surface area contributed by atoms with E-state index in [1.807, 2.05) is 23.3 Å². The van der Waals surface area contributed by atoms with Crippen molar-refractivity contribution in [1.29, 1.82) is 0 Å². The van der Waals surface area contributed by atoms with Crippen LogP contribution in [0.4, 0.5) is 4.39 Å². The highest BCUT2D eigenvalue weighted by atomic mass is 35.5. The Labute approximate surface area is 177 Å². The lowest BCUT2D eigenvalue weighted by molar-refractivity contribution is 0.0691. The van der Waals surface area contributed by atoms with Crippen LogP contribution in [-0.4, -0.2) is 22.5 Å². The Morgan fingerprint density at radius 3 is 2.55 bits per heavy atom. The van der Waals surface area contributed by atoms with E-state index in [-0.39, 0.29) is 5.56 Å². The van der Waals surface area contributed by atoms with Gasteiger partial charge in [0.1, 0.15) is 17.3 Å². The van der Waals surface area contributed by atoms with Gasteiger partial charge in [0, 0.05) is 16.6 Å². The fourth-order valence-corrected chi connectivity index (χ4v) is 3.92. The van der Waals surface area contributed by atoms with Gasteiger partial charge in [0.15, 0.2) is 0 Å². The van der Waals surface area contributed by atoms with Gasteiger partial charge in [-0.1, -0.05) is 23.2 Å². The van der Waals surface area contributed by atoms with Crippen LogP contribution in [0.5, 0.6) is 5.75 Å².